The van der Waals surface area contributed by atoms with E-state index in [1.165, 1.54) is 11.4 Å². The summed E-state index contributed by atoms with van der Waals surface area (Å²) in [5, 5.41) is 7.80. The summed E-state index contributed by atoms with van der Waals surface area (Å²) < 4.78 is 27.6. The lowest BCUT2D eigenvalue weighted by molar-refractivity contribution is 0.492. The standard InChI is InChI=1S/C10H13ClN4O2S/c1-3-15(2)18(16,17)14-9-5-8(11)4-7-6-12-13-10(7)9/h4-6,14H,3H2,1-2H3,(H,12,13). The van der Waals surface area contributed by atoms with Crippen molar-refractivity contribution in [1.29, 1.82) is 0 Å². The first-order valence-electron chi connectivity index (χ1n) is 5.30. The molecule has 2 rings (SSSR count). The molecule has 0 spiro atoms. The van der Waals surface area contributed by atoms with Crippen molar-refractivity contribution in [2.75, 3.05) is 18.3 Å². The van der Waals surface area contributed by atoms with Crippen molar-refractivity contribution in [3.8, 4) is 0 Å². The van der Waals surface area contributed by atoms with Gasteiger partial charge in [-0.15, -0.1) is 0 Å². The Morgan fingerprint density at radius 1 is 1.50 bits per heavy atom. The molecular formula is C10H13ClN4O2S. The van der Waals surface area contributed by atoms with E-state index in [9.17, 15) is 8.42 Å². The van der Waals surface area contributed by atoms with E-state index >= 15 is 0 Å². The average Bonchev–Trinajstić information content (AvgIpc) is 2.75. The highest BCUT2D eigenvalue weighted by molar-refractivity contribution is 7.90. The van der Waals surface area contributed by atoms with Crippen molar-refractivity contribution in [1.82, 2.24) is 14.5 Å². The van der Waals surface area contributed by atoms with Crippen LogP contribution in [0.3, 0.4) is 0 Å². The molecule has 0 saturated heterocycles. The zero-order valence-electron chi connectivity index (χ0n) is 9.94. The van der Waals surface area contributed by atoms with Crippen LogP contribution in [0.15, 0.2) is 18.3 Å². The monoisotopic (exact) mass is 288 g/mol. The Kier molecular flexibility index (Phi) is 3.47. The number of nitrogens with zero attached hydrogens (tertiary/aromatic N) is 2. The molecule has 0 atom stereocenters. The number of hydrogen-bond acceptors (Lipinski definition) is 3. The van der Waals surface area contributed by atoms with Gasteiger partial charge in [0.25, 0.3) is 0 Å². The molecule has 1 heterocycles. The fourth-order valence-corrected chi connectivity index (χ4v) is 2.65. The molecule has 1 aromatic carbocycles. The number of aromatic nitrogens is 2. The molecule has 2 N–H and O–H groups in total. The van der Waals surface area contributed by atoms with Gasteiger partial charge in [0.05, 0.1) is 17.4 Å². The Balaban J connectivity index is 2.46. The van der Waals surface area contributed by atoms with Gasteiger partial charge in [-0.1, -0.05) is 18.5 Å². The number of nitrogens with one attached hydrogen (secondary N) is 2. The number of aromatic amines is 1. The fraction of sp³-hybridized carbons (Fsp3) is 0.300. The van der Waals surface area contributed by atoms with Crippen molar-refractivity contribution in [2.24, 2.45) is 0 Å². The first-order valence-corrected chi connectivity index (χ1v) is 7.12. The summed E-state index contributed by atoms with van der Waals surface area (Å²) in [5.41, 5.74) is 0.989. The molecule has 1 aromatic heterocycles. The van der Waals surface area contributed by atoms with E-state index in [2.05, 4.69) is 14.9 Å². The summed E-state index contributed by atoms with van der Waals surface area (Å²) >= 11 is 5.93. The Morgan fingerprint density at radius 2 is 2.22 bits per heavy atom. The first-order chi connectivity index (χ1) is 8.44. The smallest absolute Gasteiger partial charge is 0.276 e. The van der Waals surface area contributed by atoms with Crippen molar-refractivity contribution >= 4 is 38.4 Å². The summed E-state index contributed by atoms with van der Waals surface area (Å²) in [6.45, 7) is 2.13. The van der Waals surface area contributed by atoms with Crippen molar-refractivity contribution in [3.63, 3.8) is 0 Å². The van der Waals surface area contributed by atoms with Gasteiger partial charge in [-0.2, -0.15) is 17.8 Å². The molecule has 0 amide bonds. The third-order valence-corrected chi connectivity index (χ3v) is 4.38. The van der Waals surface area contributed by atoms with Crippen LogP contribution in [0.4, 0.5) is 5.69 Å². The van der Waals surface area contributed by atoms with Gasteiger partial charge in [-0.25, -0.2) is 0 Å². The van der Waals surface area contributed by atoms with E-state index in [4.69, 9.17) is 11.6 Å². The topological polar surface area (TPSA) is 78.1 Å². The second-order valence-electron chi connectivity index (χ2n) is 3.81. The van der Waals surface area contributed by atoms with E-state index in [-0.39, 0.29) is 0 Å². The van der Waals surface area contributed by atoms with Gasteiger partial charge in [-0.05, 0) is 12.1 Å². The molecule has 0 saturated carbocycles. The lowest BCUT2D eigenvalue weighted by Crippen LogP contribution is -2.32. The fourth-order valence-electron chi connectivity index (χ4n) is 1.49. The van der Waals surface area contributed by atoms with Crippen LogP contribution in [-0.4, -0.2) is 36.5 Å². The molecule has 0 unspecified atom stereocenters. The van der Waals surface area contributed by atoms with Gasteiger partial charge in [0, 0.05) is 24.0 Å². The second kappa shape index (κ2) is 4.75. The lowest BCUT2D eigenvalue weighted by Gasteiger charge is -2.16. The highest BCUT2D eigenvalue weighted by atomic mass is 35.5. The molecule has 98 valence electrons. The summed E-state index contributed by atoms with van der Waals surface area (Å²) in [6, 6.07) is 3.25. The molecule has 2 aromatic rings. The van der Waals surface area contributed by atoms with Crippen molar-refractivity contribution < 1.29 is 8.42 Å². The van der Waals surface area contributed by atoms with Crippen LogP contribution in [0.1, 0.15) is 6.92 Å². The summed E-state index contributed by atoms with van der Waals surface area (Å²) in [4.78, 5) is 0. The summed E-state index contributed by atoms with van der Waals surface area (Å²) in [5.74, 6) is 0. The van der Waals surface area contributed by atoms with Gasteiger partial charge < -0.3 is 0 Å². The van der Waals surface area contributed by atoms with Crippen LogP contribution in [0, 0.1) is 0 Å². The van der Waals surface area contributed by atoms with Gasteiger partial charge >= 0.3 is 10.2 Å². The number of H-pyrrole nitrogens is 1. The molecule has 0 aliphatic heterocycles. The summed E-state index contributed by atoms with van der Waals surface area (Å²) in [6.07, 6.45) is 1.59. The lowest BCUT2D eigenvalue weighted by atomic mass is 10.2. The van der Waals surface area contributed by atoms with Crippen LogP contribution >= 0.6 is 11.6 Å². The third kappa shape index (κ3) is 2.43. The minimum atomic E-state index is -3.57. The Hall–Kier alpha value is -1.31. The van der Waals surface area contributed by atoms with E-state index in [0.717, 1.165) is 5.39 Å². The molecule has 0 aliphatic carbocycles. The van der Waals surface area contributed by atoms with Crippen LogP contribution in [0.5, 0.6) is 0 Å². The maximum Gasteiger partial charge on any atom is 0.301 e. The Morgan fingerprint density at radius 3 is 2.89 bits per heavy atom. The molecule has 0 aliphatic rings. The van der Waals surface area contributed by atoms with Gasteiger partial charge in [-0.3, -0.25) is 9.82 Å². The maximum atomic E-state index is 11.9. The maximum absolute atomic E-state index is 11.9. The third-order valence-electron chi connectivity index (χ3n) is 2.61. The van der Waals surface area contributed by atoms with Gasteiger partial charge in [0.2, 0.25) is 0 Å². The SMILES string of the molecule is CCN(C)S(=O)(=O)Nc1cc(Cl)cc2cn[nH]c12. The van der Waals surface area contributed by atoms with Crippen LogP contribution < -0.4 is 4.72 Å². The van der Waals surface area contributed by atoms with Crippen molar-refractivity contribution in [3.05, 3.63) is 23.4 Å². The molecule has 6 nitrogen and oxygen atoms in total. The molecule has 0 bridgehead atoms. The van der Waals surface area contributed by atoms with E-state index in [1.54, 1.807) is 25.3 Å². The number of hydrogen-bond donors (Lipinski definition) is 2. The molecular weight excluding hydrogens is 276 g/mol. The largest absolute Gasteiger partial charge is 0.301 e. The first kappa shape index (κ1) is 13.1. The number of rotatable bonds is 4. The molecule has 8 heteroatoms. The molecule has 0 radical (unpaired) electrons. The zero-order chi connectivity index (χ0) is 13.3. The van der Waals surface area contributed by atoms with Crippen LogP contribution in [0.2, 0.25) is 5.02 Å². The van der Waals surface area contributed by atoms with Crippen LogP contribution in [0.25, 0.3) is 10.9 Å². The van der Waals surface area contributed by atoms with Crippen LogP contribution in [-0.2, 0) is 10.2 Å². The predicted octanol–water partition coefficient (Wildman–Crippen LogP) is 1.82. The number of halogens is 1. The van der Waals surface area contributed by atoms with E-state index in [1.807, 2.05) is 0 Å². The quantitative estimate of drug-likeness (QED) is 0.901. The number of fused-ring (bicyclic) bond motifs is 1. The Labute approximate surface area is 110 Å². The number of anilines is 1. The Bertz CT molecular complexity index is 668. The zero-order valence-corrected chi connectivity index (χ0v) is 11.5. The number of benzene rings is 1. The van der Waals surface area contributed by atoms with E-state index < -0.39 is 10.2 Å². The predicted molar refractivity (Wildman–Crippen MR) is 72.0 cm³/mol. The molecule has 18 heavy (non-hydrogen) atoms. The van der Waals surface area contributed by atoms with Gasteiger partial charge in [0.15, 0.2) is 0 Å². The normalized spacial score (nSPS) is 12.2. The highest BCUT2D eigenvalue weighted by Gasteiger charge is 2.17. The summed E-state index contributed by atoms with van der Waals surface area (Å²) in [7, 11) is -2.08. The van der Waals surface area contributed by atoms with Crippen molar-refractivity contribution in [2.45, 2.75) is 6.92 Å². The van der Waals surface area contributed by atoms with Gasteiger partial charge in [0.1, 0.15) is 0 Å². The highest BCUT2D eigenvalue weighted by Crippen LogP contribution is 2.27. The minimum absolute atomic E-state index is 0.377. The average molecular weight is 289 g/mol. The second-order valence-corrected chi connectivity index (χ2v) is 6.02. The minimum Gasteiger partial charge on any atom is -0.276 e. The molecule has 0 fully saturated rings. The van der Waals surface area contributed by atoms with E-state index in [0.29, 0.717) is 22.8 Å².